The van der Waals surface area contributed by atoms with E-state index < -0.39 is 0 Å². The molecule has 1 amide bonds. The van der Waals surface area contributed by atoms with E-state index in [-0.39, 0.29) is 16.3 Å². The van der Waals surface area contributed by atoms with Crippen molar-refractivity contribution in [1.82, 2.24) is 5.32 Å². The minimum Gasteiger partial charge on any atom is -0.379 e. The fourth-order valence-electron chi connectivity index (χ4n) is 0.872. The van der Waals surface area contributed by atoms with E-state index in [1.54, 1.807) is 6.92 Å². The fourth-order valence-corrected chi connectivity index (χ4v) is 1.44. The molecule has 5 heteroatoms. The van der Waals surface area contributed by atoms with Crippen LogP contribution in [0.5, 0.6) is 0 Å². The van der Waals surface area contributed by atoms with E-state index in [0.29, 0.717) is 12.5 Å². The fraction of sp³-hybridized carbons (Fsp3) is 0.778. The van der Waals surface area contributed by atoms with Gasteiger partial charge in [-0.3, -0.25) is 10.2 Å². The zero-order chi connectivity index (χ0) is 11.1. The number of amides is 1. The summed E-state index contributed by atoms with van der Waals surface area (Å²) in [6.07, 6.45) is 0.975. The van der Waals surface area contributed by atoms with Crippen molar-refractivity contribution in [3.8, 4) is 0 Å². The standard InChI is InChI=1S/C9H19N3OS/c1-6(2)4-5-12-8(13)7(3)14-9(10)11/h6-7H,4-5H2,1-3H3,(H3,10,11)(H,12,13). The SMILES string of the molecule is CC(C)CCNC(=O)C(C)SC(=N)N. The van der Waals surface area contributed by atoms with E-state index in [9.17, 15) is 4.79 Å². The highest BCUT2D eigenvalue weighted by molar-refractivity contribution is 8.14. The van der Waals surface area contributed by atoms with Gasteiger partial charge in [0, 0.05) is 6.54 Å². The van der Waals surface area contributed by atoms with E-state index in [4.69, 9.17) is 11.1 Å². The third-order valence-corrected chi connectivity index (χ3v) is 2.52. The molecule has 0 radical (unpaired) electrons. The van der Waals surface area contributed by atoms with Gasteiger partial charge in [0.15, 0.2) is 5.17 Å². The van der Waals surface area contributed by atoms with Crippen molar-refractivity contribution >= 4 is 22.8 Å². The molecule has 0 bridgehead atoms. The van der Waals surface area contributed by atoms with E-state index in [2.05, 4.69) is 19.2 Å². The predicted octanol–water partition coefficient (Wildman–Crippen LogP) is 1.16. The van der Waals surface area contributed by atoms with Crippen molar-refractivity contribution in [1.29, 1.82) is 5.41 Å². The second-order valence-electron chi connectivity index (χ2n) is 3.60. The monoisotopic (exact) mass is 217 g/mol. The van der Waals surface area contributed by atoms with Gasteiger partial charge in [0.25, 0.3) is 0 Å². The van der Waals surface area contributed by atoms with Crippen LogP contribution in [0, 0.1) is 11.3 Å². The Labute approximate surface area is 89.5 Å². The maximum absolute atomic E-state index is 11.4. The van der Waals surface area contributed by atoms with Crippen LogP contribution in [0.25, 0.3) is 0 Å². The zero-order valence-corrected chi connectivity index (χ0v) is 9.78. The minimum absolute atomic E-state index is 0.0171. The van der Waals surface area contributed by atoms with Crippen LogP contribution in [0.1, 0.15) is 27.2 Å². The lowest BCUT2D eigenvalue weighted by molar-refractivity contribution is -0.120. The quantitative estimate of drug-likeness (QED) is 0.477. The van der Waals surface area contributed by atoms with Gasteiger partial charge in [0.05, 0.1) is 5.25 Å². The number of hydrogen-bond acceptors (Lipinski definition) is 3. The van der Waals surface area contributed by atoms with Gasteiger partial charge in [-0.05, 0) is 19.3 Å². The molecule has 4 N–H and O–H groups in total. The average molecular weight is 217 g/mol. The summed E-state index contributed by atoms with van der Waals surface area (Å²) < 4.78 is 0. The Kier molecular flexibility index (Phi) is 6.36. The van der Waals surface area contributed by atoms with Crippen LogP contribution in [0.4, 0.5) is 0 Å². The highest BCUT2D eigenvalue weighted by Crippen LogP contribution is 2.08. The Bertz CT molecular complexity index is 206. The van der Waals surface area contributed by atoms with Crippen LogP contribution >= 0.6 is 11.8 Å². The molecule has 4 nitrogen and oxygen atoms in total. The molecule has 14 heavy (non-hydrogen) atoms. The minimum atomic E-state index is -0.278. The zero-order valence-electron chi connectivity index (χ0n) is 8.96. The molecular weight excluding hydrogens is 198 g/mol. The number of carbonyl (C=O) groups excluding carboxylic acids is 1. The molecule has 1 atom stereocenters. The summed E-state index contributed by atoms with van der Waals surface area (Å²) in [7, 11) is 0. The maximum atomic E-state index is 11.4. The van der Waals surface area contributed by atoms with E-state index in [1.807, 2.05) is 0 Å². The normalized spacial score (nSPS) is 12.6. The summed E-state index contributed by atoms with van der Waals surface area (Å²) in [5, 5.41) is 9.54. The third kappa shape index (κ3) is 6.77. The lowest BCUT2D eigenvalue weighted by Crippen LogP contribution is -2.33. The second-order valence-corrected chi connectivity index (χ2v) is 4.98. The number of nitrogens with one attached hydrogen (secondary N) is 2. The number of rotatable bonds is 5. The highest BCUT2D eigenvalue weighted by Gasteiger charge is 2.13. The van der Waals surface area contributed by atoms with Gasteiger partial charge in [-0.2, -0.15) is 0 Å². The Morgan fingerprint density at radius 2 is 2.07 bits per heavy atom. The Morgan fingerprint density at radius 3 is 2.50 bits per heavy atom. The molecule has 0 spiro atoms. The summed E-state index contributed by atoms with van der Waals surface area (Å²) in [6.45, 7) is 6.66. The van der Waals surface area contributed by atoms with Gasteiger partial charge in [0.1, 0.15) is 0 Å². The highest BCUT2D eigenvalue weighted by atomic mass is 32.2. The van der Waals surface area contributed by atoms with Gasteiger partial charge < -0.3 is 11.1 Å². The summed E-state index contributed by atoms with van der Waals surface area (Å²) in [4.78, 5) is 11.4. The number of nitrogens with two attached hydrogens (primary N) is 1. The van der Waals surface area contributed by atoms with Crippen LogP contribution in [0.3, 0.4) is 0 Å². The molecule has 0 heterocycles. The second kappa shape index (κ2) is 6.70. The third-order valence-electron chi connectivity index (χ3n) is 1.69. The molecule has 82 valence electrons. The Morgan fingerprint density at radius 1 is 1.50 bits per heavy atom. The van der Waals surface area contributed by atoms with E-state index in [0.717, 1.165) is 18.2 Å². The van der Waals surface area contributed by atoms with Gasteiger partial charge in [-0.15, -0.1) is 0 Å². The number of carbonyl (C=O) groups is 1. The maximum Gasteiger partial charge on any atom is 0.233 e. The van der Waals surface area contributed by atoms with Crippen LogP contribution in [0.15, 0.2) is 0 Å². The van der Waals surface area contributed by atoms with Crippen molar-refractivity contribution in [3.05, 3.63) is 0 Å². The molecule has 0 saturated heterocycles. The Hall–Kier alpha value is -0.710. The molecule has 1 unspecified atom stereocenters. The number of hydrogen-bond donors (Lipinski definition) is 3. The van der Waals surface area contributed by atoms with Crippen LogP contribution in [-0.2, 0) is 4.79 Å². The van der Waals surface area contributed by atoms with Crippen LogP contribution < -0.4 is 11.1 Å². The van der Waals surface area contributed by atoms with Crippen molar-refractivity contribution in [2.45, 2.75) is 32.4 Å². The first-order valence-corrected chi connectivity index (χ1v) is 5.59. The first-order valence-electron chi connectivity index (χ1n) is 4.72. The molecule has 0 rings (SSSR count). The first kappa shape index (κ1) is 13.3. The number of thioether (sulfide) groups is 1. The first-order chi connectivity index (χ1) is 6.43. The van der Waals surface area contributed by atoms with Crippen LogP contribution in [-0.4, -0.2) is 22.9 Å². The van der Waals surface area contributed by atoms with Crippen molar-refractivity contribution in [2.75, 3.05) is 6.54 Å². The summed E-state index contributed by atoms with van der Waals surface area (Å²) in [5.74, 6) is 0.539. The largest absolute Gasteiger partial charge is 0.379 e. The average Bonchev–Trinajstić information content (AvgIpc) is 2.01. The molecule has 0 aromatic heterocycles. The molecule has 0 aromatic rings. The van der Waals surface area contributed by atoms with Crippen molar-refractivity contribution < 1.29 is 4.79 Å². The predicted molar refractivity (Wildman–Crippen MR) is 61.4 cm³/mol. The lowest BCUT2D eigenvalue weighted by atomic mass is 10.1. The topological polar surface area (TPSA) is 79.0 Å². The van der Waals surface area contributed by atoms with E-state index in [1.165, 1.54) is 0 Å². The smallest absolute Gasteiger partial charge is 0.233 e. The van der Waals surface area contributed by atoms with Gasteiger partial charge in [0.2, 0.25) is 5.91 Å². The molecule has 0 aliphatic heterocycles. The molecule has 0 aromatic carbocycles. The van der Waals surface area contributed by atoms with Gasteiger partial charge >= 0.3 is 0 Å². The number of amidine groups is 1. The van der Waals surface area contributed by atoms with Crippen molar-refractivity contribution in [3.63, 3.8) is 0 Å². The molecule has 0 fully saturated rings. The van der Waals surface area contributed by atoms with E-state index >= 15 is 0 Å². The molecule has 0 aliphatic carbocycles. The van der Waals surface area contributed by atoms with Gasteiger partial charge in [-0.25, -0.2) is 0 Å². The summed E-state index contributed by atoms with van der Waals surface area (Å²) in [5.41, 5.74) is 5.17. The molecular formula is C9H19N3OS. The lowest BCUT2D eigenvalue weighted by Gasteiger charge is -2.11. The van der Waals surface area contributed by atoms with Crippen LogP contribution in [0.2, 0.25) is 0 Å². The van der Waals surface area contributed by atoms with Crippen molar-refractivity contribution in [2.24, 2.45) is 11.7 Å². The van der Waals surface area contributed by atoms with Gasteiger partial charge in [-0.1, -0.05) is 25.6 Å². The Balaban J connectivity index is 3.67. The summed E-state index contributed by atoms with van der Waals surface area (Å²) in [6, 6.07) is 0. The summed E-state index contributed by atoms with van der Waals surface area (Å²) >= 11 is 1.07. The molecule has 0 saturated carbocycles. The molecule has 0 aliphatic rings.